The van der Waals surface area contributed by atoms with Gasteiger partial charge in [0, 0.05) is 18.5 Å². The number of piperidine rings is 1. The highest BCUT2D eigenvalue weighted by Crippen LogP contribution is 2.11. The van der Waals surface area contributed by atoms with Gasteiger partial charge in [-0.1, -0.05) is 30.7 Å². The summed E-state index contributed by atoms with van der Waals surface area (Å²) in [5, 5.41) is 0. The summed E-state index contributed by atoms with van der Waals surface area (Å²) in [6.45, 7) is 2.62. The zero-order valence-corrected chi connectivity index (χ0v) is 10.7. The second kappa shape index (κ2) is 6.64. The molecule has 0 amide bonds. The van der Waals surface area contributed by atoms with E-state index in [4.69, 9.17) is 0 Å². The van der Waals surface area contributed by atoms with Crippen LogP contribution in [0.25, 0.3) is 0 Å². The van der Waals surface area contributed by atoms with Crippen molar-refractivity contribution in [3.8, 4) is 0 Å². The van der Waals surface area contributed by atoms with E-state index < -0.39 is 6.67 Å². The SMILES string of the molecule is O=C(CCN1CCCCC1)c1ccc(CF)cc1. The van der Waals surface area contributed by atoms with Gasteiger partial charge >= 0.3 is 0 Å². The average Bonchev–Trinajstić information content (AvgIpc) is 2.46. The zero-order chi connectivity index (χ0) is 12.8. The first-order chi connectivity index (χ1) is 8.79. The number of nitrogens with zero attached hydrogens (tertiary/aromatic N) is 1. The van der Waals surface area contributed by atoms with Gasteiger partial charge in [-0.3, -0.25) is 4.79 Å². The number of hydrogen-bond donors (Lipinski definition) is 0. The van der Waals surface area contributed by atoms with Gasteiger partial charge in [0.05, 0.1) is 0 Å². The third-order valence-electron chi connectivity index (χ3n) is 3.53. The van der Waals surface area contributed by atoms with E-state index in [1.54, 1.807) is 24.3 Å². The number of carbonyl (C=O) groups excluding carboxylic acids is 1. The highest BCUT2D eigenvalue weighted by atomic mass is 19.1. The standard InChI is InChI=1S/C15H20FNO/c16-12-13-4-6-14(7-5-13)15(18)8-11-17-9-2-1-3-10-17/h4-7H,1-3,8-12H2. The average molecular weight is 249 g/mol. The molecule has 0 radical (unpaired) electrons. The molecule has 0 spiro atoms. The summed E-state index contributed by atoms with van der Waals surface area (Å²) in [6.07, 6.45) is 4.38. The largest absolute Gasteiger partial charge is 0.303 e. The van der Waals surface area contributed by atoms with Crippen molar-refractivity contribution in [2.24, 2.45) is 0 Å². The van der Waals surface area contributed by atoms with Crippen LogP contribution < -0.4 is 0 Å². The molecule has 1 aliphatic heterocycles. The number of likely N-dealkylation sites (tertiary alicyclic amines) is 1. The fourth-order valence-electron chi connectivity index (χ4n) is 2.37. The van der Waals surface area contributed by atoms with Crippen molar-refractivity contribution in [3.05, 3.63) is 35.4 Å². The highest BCUT2D eigenvalue weighted by Gasteiger charge is 2.12. The van der Waals surface area contributed by atoms with Crippen LogP contribution in [-0.2, 0) is 6.67 Å². The molecule has 0 unspecified atom stereocenters. The summed E-state index contributed by atoms with van der Waals surface area (Å²) in [6, 6.07) is 6.84. The second-order valence-electron chi connectivity index (χ2n) is 4.91. The Hall–Kier alpha value is -1.22. The van der Waals surface area contributed by atoms with Gasteiger partial charge in [0.15, 0.2) is 5.78 Å². The first-order valence-corrected chi connectivity index (χ1v) is 6.70. The maximum absolute atomic E-state index is 12.4. The Morgan fingerprint density at radius 2 is 1.78 bits per heavy atom. The van der Waals surface area contributed by atoms with Crippen LogP contribution in [0.1, 0.15) is 41.6 Å². The molecule has 2 nitrogen and oxygen atoms in total. The molecule has 2 rings (SSSR count). The Labute approximate surface area is 108 Å². The predicted octanol–water partition coefficient (Wildman–Crippen LogP) is 3.21. The van der Waals surface area contributed by atoms with E-state index in [-0.39, 0.29) is 5.78 Å². The quantitative estimate of drug-likeness (QED) is 0.747. The van der Waals surface area contributed by atoms with Crippen molar-refractivity contribution in [1.82, 2.24) is 4.90 Å². The zero-order valence-electron chi connectivity index (χ0n) is 10.7. The number of benzene rings is 1. The molecule has 18 heavy (non-hydrogen) atoms. The Bertz CT molecular complexity index is 382. The number of alkyl halides is 1. The Balaban J connectivity index is 1.82. The lowest BCUT2D eigenvalue weighted by Gasteiger charge is -2.25. The van der Waals surface area contributed by atoms with E-state index in [1.807, 2.05) is 0 Å². The van der Waals surface area contributed by atoms with Crippen molar-refractivity contribution in [3.63, 3.8) is 0 Å². The van der Waals surface area contributed by atoms with Gasteiger partial charge in [-0.05, 0) is 31.5 Å². The van der Waals surface area contributed by atoms with Gasteiger partial charge in [-0.25, -0.2) is 4.39 Å². The third kappa shape index (κ3) is 3.64. The molecule has 3 heteroatoms. The molecular formula is C15H20FNO. The van der Waals surface area contributed by atoms with E-state index in [9.17, 15) is 9.18 Å². The van der Waals surface area contributed by atoms with Gasteiger partial charge in [0.2, 0.25) is 0 Å². The minimum absolute atomic E-state index is 0.158. The minimum atomic E-state index is -0.470. The van der Waals surface area contributed by atoms with E-state index in [2.05, 4.69) is 4.90 Å². The summed E-state index contributed by atoms with van der Waals surface area (Å²) in [5.41, 5.74) is 1.33. The highest BCUT2D eigenvalue weighted by molar-refractivity contribution is 5.96. The van der Waals surface area contributed by atoms with Crippen LogP contribution in [0.5, 0.6) is 0 Å². The van der Waals surface area contributed by atoms with Crippen molar-refractivity contribution < 1.29 is 9.18 Å². The van der Waals surface area contributed by atoms with E-state index in [1.165, 1.54) is 19.3 Å². The normalized spacial score (nSPS) is 16.7. The summed E-state index contributed by atoms with van der Waals surface area (Å²) in [7, 11) is 0. The van der Waals surface area contributed by atoms with E-state index in [0.717, 1.165) is 19.6 Å². The molecule has 1 aromatic carbocycles. The van der Waals surface area contributed by atoms with Crippen molar-refractivity contribution >= 4 is 5.78 Å². The minimum Gasteiger partial charge on any atom is -0.303 e. The molecule has 1 heterocycles. The Morgan fingerprint density at radius 3 is 2.39 bits per heavy atom. The Morgan fingerprint density at radius 1 is 1.11 bits per heavy atom. The maximum atomic E-state index is 12.4. The molecule has 0 aliphatic carbocycles. The first-order valence-electron chi connectivity index (χ1n) is 6.70. The molecular weight excluding hydrogens is 229 g/mol. The van der Waals surface area contributed by atoms with Crippen molar-refractivity contribution in [2.75, 3.05) is 19.6 Å². The molecule has 0 N–H and O–H groups in total. The molecule has 0 bridgehead atoms. The molecule has 1 aliphatic rings. The Kier molecular flexibility index (Phi) is 4.88. The molecule has 0 atom stereocenters. The lowest BCUT2D eigenvalue weighted by molar-refractivity contribution is 0.0958. The second-order valence-corrected chi connectivity index (χ2v) is 4.91. The van der Waals surface area contributed by atoms with Crippen molar-refractivity contribution in [2.45, 2.75) is 32.4 Å². The lowest BCUT2D eigenvalue weighted by atomic mass is 10.1. The van der Waals surface area contributed by atoms with Crippen LogP contribution in [0.4, 0.5) is 4.39 Å². The molecule has 1 saturated heterocycles. The number of hydrogen-bond acceptors (Lipinski definition) is 2. The maximum Gasteiger partial charge on any atom is 0.164 e. The fourth-order valence-corrected chi connectivity index (χ4v) is 2.37. The van der Waals surface area contributed by atoms with Crippen LogP contribution in [0, 0.1) is 0 Å². The molecule has 1 fully saturated rings. The predicted molar refractivity (Wildman–Crippen MR) is 70.5 cm³/mol. The molecule has 0 saturated carbocycles. The molecule has 98 valence electrons. The van der Waals surface area contributed by atoms with Crippen LogP contribution in [-0.4, -0.2) is 30.3 Å². The van der Waals surface area contributed by atoms with Crippen LogP contribution in [0.15, 0.2) is 24.3 Å². The summed E-state index contributed by atoms with van der Waals surface area (Å²) in [4.78, 5) is 14.3. The van der Waals surface area contributed by atoms with Crippen molar-refractivity contribution in [1.29, 1.82) is 0 Å². The van der Waals surface area contributed by atoms with E-state index in [0.29, 0.717) is 17.5 Å². The van der Waals surface area contributed by atoms with Gasteiger partial charge in [-0.2, -0.15) is 0 Å². The lowest BCUT2D eigenvalue weighted by Crippen LogP contribution is -2.31. The summed E-state index contributed by atoms with van der Waals surface area (Å²) in [5.74, 6) is 0.158. The van der Waals surface area contributed by atoms with Crippen LogP contribution in [0.2, 0.25) is 0 Å². The number of carbonyl (C=O) groups is 1. The number of halogens is 1. The van der Waals surface area contributed by atoms with Gasteiger partial charge in [0.1, 0.15) is 6.67 Å². The third-order valence-corrected chi connectivity index (χ3v) is 3.53. The van der Waals surface area contributed by atoms with Gasteiger partial charge < -0.3 is 4.90 Å². The number of Topliss-reactive ketones (excluding diaryl/α,β-unsaturated/α-hetero) is 1. The molecule has 0 aromatic heterocycles. The van der Waals surface area contributed by atoms with Gasteiger partial charge in [-0.15, -0.1) is 0 Å². The summed E-state index contributed by atoms with van der Waals surface area (Å²) >= 11 is 0. The fraction of sp³-hybridized carbons (Fsp3) is 0.533. The van der Waals surface area contributed by atoms with E-state index >= 15 is 0 Å². The topological polar surface area (TPSA) is 20.3 Å². The van der Waals surface area contributed by atoms with Crippen LogP contribution in [0.3, 0.4) is 0 Å². The number of ketones is 1. The monoisotopic (exact) mass is 249 g/mol. The molecule has 1 aromatic rings. The summed E-state index contributed by atoms with van der Waals surface area (Å²) < 4.78 is 12.4. The van der Waals surface area contributed by atoms with Gasteiger partial charge in [0.25, 0.3) is 0 Å². The van der Waals surface area contributed by atoms with Crippen LogP contribution >= 0.6 is 0 Å². The smallest absolute Gasteiger partial charge is 0.164 e. The number of rotatable bonds is 5. The first kappa shape index (κ1) is 13.2.